The molecule has 0 radical (unpaired) electrons. The lowest BCUT2D eigenvalue weighted by Crippen LogP contribution is -2.26. The van der Waals surface area contributed by atoms with Gasteiger partial charge < -0.3 is 9.47 Å². The molecule has 0 spiro atoms. The average Bonchev–Trinajstić information content (AvgIpc) is 2.92. The predicted octanol–water partition coefficient (Wildman–Crippen LogP) is 5.32. The van der Waals surface area contributed by atoms with Crippen molar-refractivity contribution in [3.8, 4) is 0 Å². The van der Waals surface area contributed by atoms with Gasteiger partial charge in [-0.05, 0) is 48.5 Å². The van der Waals surface area contributed by atoms with Crippen molar-refractivity contribution in [2.75, 3.05) is 13.6 Å². The minimum absolute atomic E-state index is 0.612. The van der Waals surface area contributed by atoms with Gasteiger partial charge in [0.15, 0.2) is 0 Å². The minimum Gasteiger partial charge on any atom is -0.320 e. The van der Waals surface area contributed by atoms with Crippen molar-refractivity contribution < 1.29 is 13.2 Å². The summed E-state index contributed by atoms with van der Waals surface area (Å²) >= 11 is 6.19. The Morgan fingerprint density at radius 2 is 2.00 bits per heavy atom. The molecule has 0 saturated carbocycles. The Balaban J connectivity index is 1.75. The molecular formula is C20H17ClF3N3. The van der Waals surface area contributed by atoms with Gasteiger partial charge in [0.25, 0.3) is 0 Å². The van der Waals surface area contributed by atoms with Gasteiger partial charge >= 0.3 is 6.18 Å². The van der Waals surface area contributed by atoms with E-state index >= 15 is 0 Å². The number of rotatable bonds is 2. The molecule has 0 aliphatic carbocycles. The van der Waals surface area contributed by atoms with Crippen molar-refractivity contribution in [2.24, 2.45) is 0 Å². The first-order valence-corrected chi connectivity index (χ1v) is 8.92. The average molecular weight is 392 g/mol. The van der Waals surface area contributed by atoms with E-state index in [9.17, 15) is 13.2 Å². The van der Waals surface area contributed by atoms with Gasteiger partial charge in [-0.25, -0.2) is 0 Å². The topological polar surface area (TPSA) is 21.1 Å². The van der Waals surface area contributed by atoms with Crippen molar-refractivity contribution in [1.29, 1.82) is 0 Å². The van der Waals surface area contributed by atoms with Crippen LogP contribution in [0.15, 0.2) is 36.5 Å². The van der Waals surface area contributed by atoms with Crippen molar-refractivity contribution >= 4 is 34.8 Å². The Bertz CT molecular complexity index is 1020. The number of alkyl halides is 3. The Morgan fingerprint density at radius 1 is 1.19 bits per heavy atom. The molecule has 0 unspecified atom stereocenters. The summed E-state index contributed by atoms with van der Waals surface area (Å²) in [5, 5.41) is 1.80. The third kappa shape index (κ3) is 3.47. The summed E-state index contributed by atoms with van der Waals surface area (Å²) in [6.45, 7) is 1.79. The van der Waals surface area contributed by atoms with Crippen molar-refractivity contribution in [3.63, 3.8) is 0 Å². The molecule has 3 nitrogen and oxygen atoms in total. The number of halogens is 4. The molecule has 3 heterocycles. The summed E-state index contributed by atoms with van der Waals surface area (Å²) in [6, 6.07) is 8.22. The van der Waals surface area contributed by atoms with Crippen LogP contribution >= 0.6 is 11.6 Å². The first-order valence-electron chi connectivity index (χ1n) is 8.54. The second kappa shape index (κ2) is 6.69. The van der Waals surface area contributed by atoms with Gasteiger partial charge in [-0.2, -0.15) is 13.2 Å². The van der Waals surface area contributed by atoms with E-state index in [1.54, 1.807) is 6.08 Å². The van der Waals surface area contributed by atoms with Crippen LogP contribution in [0.25, 0.3) is 23.2 Å². The van der Waals surface area contributed by atoms with Crippen LogP contribution in [0.4, 0.5) is 13.2 Å². The van der Waals surface area contributed by atoms with Crippen LogP contribution in [-0.4, -0.2) is 28.0 Å². The van der Waals surface area contributed by atoms with E-state index in [-0.39, 0.29) is 0 Å². The van der Waals surface area contributed by atoms with Gasteiger partial charge in [0.05, 0.1) is 5.52 Å². The van der Waals surface area contributed by atoms with E-state index in [0.29, 0.717) is 10.6 Å². The highest BCUT2D eigenvalue weighted by molar-refractivity contribution is 6.31. The molecule has 1 aromatic carbocycles. The predicted molar refractivity (Wildman–Crippen MR) is 101 cm³/mol. The van der Waals surface area contributed by atoms with Gasteiger partial charge in [-0.1, -0.05) is 17.7 Å². The second-order valence-electron chi connectivity index (χ2n) is 6.73. The number of benzene rings is 1. The van der Waals surface area contributed by atoms with Crippen molar-refractivity contribution in [2.45, 2.75) is 19.1 Å². The molecule has 140 valence electrons. The zero-order valence-corrected chi connectivity index (χ0v) is 15.3. The molecule has 0 amide bonds. The summed E-state index contributed by atoms with van der Waals surface area (Å²) in [5.41, 5.74) is 3.22. The van der Waals surface area contributed by atoms with E-state index < -0.39 is 11.9 Å². The zero-order valence-electron chi connectivity index (χ0n) is 14.6. The third-order valence-corrected chi connectivity index (χ3v) is 5.07. The van der Waals surface area contributed by atoms with Crippen LogP contribution in [0.3, 0.4) is 0 Å². The largest absolute Gasteiger partial charge is 0.433 e. The molecule has 4 rings (SSSR count). The number of hydrogen-bond acceptors (Lipinski definition) is 2. The summed E-state index contributed by atoms with van der Waals surface area (Å²) in [5.74, 6) is 0. The molecule has 7 heteroatoms. The first kappa shape index (κ1) is 18.1. The van der Waals surface area contributed by atoms with E-state index in [1.807, 2.05) is 24.4 Å². The fourth-order valence-corrected chi connectivity index (χ4v) is 3.67. The highest BCUT2D eigenvalue weighted by Crippen LogP contribution is 2.33. The smallest absolute Gasteiger partial charge is 0.320 e. The summed E-state index contributed by atoms with van der Waals surface area (Å²) in [7, 11) is 2.08. The van der Waals surface area contributed by atoms with Crippen LogP contribution in [0.2, 0.25) is 5.02 Å². The molecule has 2 aromatic heterocycles. The van der Waals surface area contributed by atoms with Crippen LogP contribution in [0, 0.1) is 0 Å². The maximum absolute atomic E-state index is 12.7. The van der Waals surface area contributed by atoms with Crippen LogP contribution in [0.1, 0.15) is 22.5 Å². The Morgan fingerprint density at radius 3 is 2.70 bits per heavy atom. The van der Waals surface area contributed by atoms with Crippen molar-refractivity contribution in [3.05, 3.63) is 64.1 Å². The summed E-state index contributed by atoms with van der Waals surface area (Å²) in [6.07, 6.45) is 1.38. The second-order valence-corrected chi connectivity index (χ2v) is 7.17. The number of aromatic nitrogens is 2. The number of nitrogens with zero attached hydrogens (tertiary/aromatic N) is 3. The zero-order chi connectivity index (χ0) is 19.2. The number of fused-ring (bicyclic) bond motifs is 3. The number of hydrogen-bond donors (Lipinski definition) is 0. The molecule has 3 aromatic rings. The first-order chi connectivity index (χ1) is 12.8. The van der Waals surface area contributed by atoms with Crippen LogP contribution in [0.5, 0.6) is 0 Å². The molecule has 1 aliphatic heterocycles. The minimum atomic E-state index is -4.43. The highest BCUT2D eigenvalue weighted by atomic mass is 35.5. The fraction of sp³-hybridized carbons (Fsp3) is 0.250. The molecular weight excluding hydrogens is 375 g/mol. The lowest BCUT2D eigenvalue weighted by molar-refractivity contribution is -0.141. The van der Waals surface area contributed by atoms with E-state index in [1.165, 1.54) is 23.5 Å². The molecule has 0 N–H and O–H groups in total. The lowest BCUT2D eigenvalue weighted by atomic mass is 10.1. The normalized spacial score (nSPS) is 15.6. The SMILES string of the molecule is CN1CCc2c(c3cc(Cl)ccc3n2C=Cc2ccc(C(F)(F)F)nc2)C1. The third-order valence-electron chi connectivity index (χ3n) is 4.83. The Labute approximate surface area is 159 Å². The van der Waals surface area contributed by atoms with Crippen LogP contribution in [-0.2, 0) is 19.1 Å². The summed E-state index contributed by atoms with van der Waals surface area (Å²) in [4.78, 5) is 5.77. The fourth-order valence-electron chi connectivity index (χ4n) is 3.50. The molecule has 0 saturated heterocycles. The van der Waals surface area contributed by atoms with Gasteiger partial charge in [0.1, 0.15) is 5.69 Å². The van der Waals surface area contributed by atoms with Gasteiger partial charge in [0.2, 0.25) is 0 Å². The highest BCUT2D eigenvalue weighted by Gasteiger charge is 2.31. The van der Waals surface area contributed by atoms with Gasteiger partial charge in [0, 0.05) is 48.0 Å². The number of pyridine rings is 1. The lowest BCUT2D eigenvalue weighted by Gasteiger charge is -2.23. The van der Waals surface area contributed by atoms with E-state index in [4.69, 9.17) is 11.6 Å². The monoisotopic (exact) mass is 391 g/mol. The van der Waals surface area contributed by atoms with E-state index in [2.05, 4.69) is 21.5 Å². The summed E-state index contributed by atoms with van der Waals surface area (Å²) < 4.78 is 40.1. The maximum Gasteiger partial charge on any atom is 0.433 e. The Kier molecular flexibility index (Phi) is 4.48. The molecule has 0 atom stereocenters. The van der Waals surface area contributed by atoms with Gasteiger partial charge in [-0.3, -0.25) is 4.98 Å². The quantitative estimate of drug-likeness (QED) is 0.589. The van der Waals surface area contributed by atoms with Crippen molar-refractivity contribution in [1.82, 2.24) is 14.5 Å². The van der Waals surface area contributed by atoms with Crippen LogP contribution < -0.4 is 0 Å². The molecule has 27 heavy (non-hydrogen) atoms. The van der Waals surface area contributed by atoms with Gasteiger partial charge in [-0.15, -0.1) is 0 Å². The molecule has 1 aliphatic rings. The number of likely N-dealkylation sites (N-methyl/N-ethyl adjacent to an activating group) is 1. The Hall–Kier alpha value is -2.31. The standard InChI is InChI=1S/C20H17ClF3N3/c1-26-8-7-18-16(12-26)15-10-14(21)3-4-17(15)27(18)9-6-13-2-5-19(25-11-13)20(22,23)24/h2-6,9-11H,7-8,12H2,1H3. The molecule has 0 bridgehead atoms. The van der Waals surface area contributed by atoms with E-state index in [0.717, 1.165) is 36.5 Å². The maximum atomic E-state index is 12.7. The molecule has 0 fully saturated rings.